The first-order chi connectivity index (χ1) is 34.4. The molecule has 2 fully saturated rings. The van der Waals surface area contributed by atoms with E-state index in [0.717, 1.165) is 67.8 Å². The maximum atomic E-state index is 14.9. The Hall–Kier alpha value is -6.98. The average Bonchev–Trinajstić information content (AvgIpc) is 4.04. The Bertz CT molecular complexity index is 3410. The van der Waals surface area contributed by atoms with Gasteiger partial charge in [-0.2, -0.15) is 4.31 Å². The lowest BCUT2D eigenvalue weighted by Crippen LogP contribution is -2.57. The molecule has 3 unspecified atom stereocenters. The maximum Gasteiger partial charge on any atom is 0.307 e. The van der Waals surface area contributed by atoms with Gasteiger partial charge in [0.2, 0.25) is 15.9 Å². The Morgan fingerprint density at radius 2 is 1.72 bits per heavy atom. The van der Waals surface area contributed by atoms with Gasteiger partial charge in [0.15, 0.2) is 0 Å². The van der Waals surface area contributed by atoms with Gasteiger partial charge >= 0.3 is 5.97 Å². The number of carboxylic acids is 1. The molecule has 1 aliphatic carbocycles. The number of methoxy groups -OCH3 is 1. The quantitative estimate of drug-likeness (QED) is 0.105. The van der Waals surface area contributed by atoms with E-state index in [1.165, 1.54) is 11.4 Å². The number of rotatable bonds is 14. The number of likely N-dealkylation sites (N-methyl/N-ethyl adjacent to an activating group) is 1. The SMILES string of the molecule is CCC[C@@](CC)(CCc1cc2c3c(cccc3c1)C(=O)N(C1CCC(=O)N(C)C1=O)C2=O)c1ccc2c(c1)O[C@H](C)CN(Cc1cc(C3(c4cc(OC)c5c(c4)nnn5C)CC3C(=O)O)ccc1C)S2(=O)=O. The Labute approximate surface area is 417 Å². The summed E-state index contributed by atoms with van der Waals surface area (Å²) in [6.07, 6.45) is 3.50. The highest BCUT2D eigenvalue weighted by Crippen LogP contribution is 2.60. The number of piperidine rings is 1. The molecule has 16 nitrogen and oxygen atoms in total. The molecule has 10 rings (SSSR count). The second-order valence-corrected chi connectivity index (χ2v) is 22.0. The van der Waals surface area contributed by atoms with Crippen molar-refractivity contribution in [3.05, 3.63) is 123 Å². The van der Waals surface area contributed by atoms with Crippen molar-refractivity contribution in [1.29, 1.82) is 0 Å². The van der Waals surface area contributed by atoms with Crippen LogP contribution in [0.4, 0.5) is 0 Å². The number of imide groups is 2. The van der Waals surface area contributed by atoms with Crippen molar-refractivity contribution in [1.82, 2.24) is 29.1 Å². The number of nitrogens with zero attached hydrogens (tertiary/aromatic N) is 6. The van der Waals surface area contributed by atoms with Gasteiger partial charge in [-0.25, -0.2) is 13.1 Å². The van der Waals surface area contributed by atoms with E-state index in [1.807, 2.05) is 74.5 Å². The molecule has 0 radical (unpaired) electrons. The zero-order chi connectivity index (χ0) is 51.2. The van der Waals surface area contributed by atoms with Gasteiger partial charge in [-0.1, -0.05) is 67.9 Å². The number of carboxylic acid groups (broad SMARTS) is 1. The van der Waals surface area contributed by atoms with Crippen LogP contribution in [0.15, 0.2) is 83.8 Å². The molecule has 72 heavy (non-hydrogen) atoms. The molecule has 5 aromatic carbocycles. The number of sulfonamides is 1. The first kappa shape index (κ1) is 48.6. The Kier molecular flexibility index (Phi) is 12.1. The highest BCUT2D eigenvalue weighted by atomic mass is 32.2. The average molecular weight is 995 g/mol. The van der Waals surface area contributed by atoms with Crippen molar-refractivity contribution in [2.45, 2.75) is 113 Å². The lowest BCUT2D eigenvalue weighted by molar-refractivity contribution is -0.149. The predicted octanol–water partition coefficient (Wildman–Crippen LogP) is 7.63. The minimum absolute atomic E-state index is 0.0311. The van der Waals surface area contributed by atoms with E-state index in [1.54, 1.807) is 37.0 Å². The van der Waals surface area contributed by atoms with Crippen LogP contribution in [0.1, 0.15) is 120 Å². The highest BCUT2D eigenvalue weighted by Gasteiger charge is 2.61. The number of aryl methyl sites for hydroxylation is 3. The third kappa shape index (κ3) is 7.74. The molecule has 1 aromatic heterocycles. The third-order valence-electron chi connectivity index (χ3n) is 16.0. The second kappa shape index (κ2) is 17.9. The first-order valence-corrected chi connectivity index (χ1v) is 26.1. The number of aromatic nitrogens is 3. The lowest BCUT2D eigenvalue weighted by Gasteiger charge is -2.37. The van der Waals surface area contributed by atoms with Crippen molar-refractivity contribution >= 4 is 61.4 Å². The van der Waals surface area contributed by atoms with Crippen LogP contribution in [0.25, 0.3) is 21.8 Å². The molecule has 4 heterocycles. The highest BCUT2D eigenvalue weighted by molar-refractivity contribution is 7.89. The maximum absolute atomic E-state index is 14.9. The number of carbonyl (C=O) groups excluding carboxylic acids is 4. The van der Waals surface area contributed by atoms with E-state index < -0.39 is 62.6 Å². The summed E-state index contributed by atoms with van der Waals surface area (Å²) in [6.45, 7) is 8.13. The fourth-order valence-electron chi connectivity index (χ4n) is 11.9. The molecule has 0 bridgehead atoms. The van der Waals surface area contributed by atoms with E-state index in [9.17, 15) is 37.5 Å². The van der Waals surface area contributed by atoms with Gasteiger partial charge in [0.25, 0.3) is 17.7 Å². The molecule has 0 spiro atoms. The molecule has 5 atom stereocenters. The van der Waals surface area contributed by atoms with Crippen LogP contribution in [0, 0.1) is 12.8 Å². The predicted molar refractivity (Wildman–Crippen MR) is 267 cm³/mol. The van der Waals surface area contributed by atoms with Gasteiger partial charge in [-0.15, -0.1) is 5.10 Å². The van der Waals surface area contributed by atoms with Crippen molar-refractivity contribution in [2.24, 2.45) is 13.0 Å². The van der Waals surface area contributed by atoms with E-state index >= 15 is 0 Å². The third-order valence-corrected chi connectivity index (χ3v) is 17.8. The first-order valence-electron chi connectivity index (χ1n) is 24.6. The zero-order valence-corrected chi connectivity index (χ0v) is 42.3. The molecular weight excluding hydrogens is 937 g/mol. The Morgan fingerprint density at radius 3 is 2.44 bits per heavy atom. The number of fused-ring (bicyclic) bond motifs is 2. The summed E-state index contributed by atoms with van der Waals surface area (Å²) >= 11 is 0. The van der Waals surface area contributed by atoms with Crippen molar-refractivity contribution in [2.75, 3.05) is 20.7 Å². The van der Waals surface area contributed by atoms with Crippen LogP contribution in [0.2, 0.25) is 0 Å². The molecule has 4 amide bonds. The van der Waals surface area contributed by atoms with E-state index in [-0.39, 0.29) is 42.5 Å². The van der Waals surface area contributed by atoms with Gasteiger partial charge in [0, 0.05) is 49.0 Å². The molecule has 1 N–H and O–H groups in total. The number of likely N-dealkylation sites (tertiary alicyclic amines) is 1. The minimum atomic E-state index is -4.12. The molecule has 374 valence electrons. The summed E-state index contributed by atoms with van der Waals surface area (Å²) in [5.74, 6) is -2.90. The number of hydrogen-bond donors (Lipinski definition) is 1. The Morgan fingerprint density at radius 1 is 0.944 bits per heavy atom. The molecule has 1 saturated heterocycles. The van der Waals surface area contributed by atoms with Gasteiger partial charge < -0.3 is 14.6 Å². The lowest BCUT2D eigenvalue weighted by atomic mass is 9.70. The van der Waals surface area contributed by atoms with Crippen LogP contribution < -0.4 is 9.47 Å². The van der Waals surface area contributed by atoms with Crippen LogP contribution in [0.3, 0.4) is 0 Å². The molecular formula is C55H58N6O10S. The van der Waals surface area contributed by atoms with E-state index in [0.29, 0.717) is 52.6 Å². The summed E-state index contributed by atoms with van der Waals surface area (Å²) in [5, 5.41) is 20.2. The summed E-state index contributed by atoms with van der Waals surface area (Å²) in [7, 11) is 0.572. The van der Waals surface area contributed by atoms with Gasteiger partial charge in [0.05, 0.1) is 19.6 Å². The second-order valence-electron chi connectivity index (χ2n) is 20.1. The molecule has 17 heteroatoms. The van der Waals surface area contributed by atoms with Gasteiger partial charge in [0.1, 0.15) is 39.6 Å². The number of aliphatic carboxylic acids is 1. The van der Waals surface area contributed by atoms with Gasteiger partial charge in [-0.05, 0) is 133 Å². The normalized spacial score (nSPS) is 22.7. The summed E-state index contributed by atoms with van der Waals surface area (Å²) in [6, 6.07) is 23.0. The fraction of sp³-hybridized carbons (Fsp3) is 0.400. The van der Waals surface area contributed by atoms with Crippen LogP contribution in [-0.4, -0.2) is 105 Å². The van der Waals surface area contributed by atoms with Crippen LogP contribution in [-0.2, 0) is 55.3 Å². The number of carbonyl (C=O) groups is 5. The number of ether oxygens (including phenoxy) is 2. The van der Waals surface area contributed by atoms with E-state index in [4.69, 9.17) is 9.47 Å². The fourth-order valence-corrected chi connectivity index (χ4v) is 13.5. The Balaban J connectivity index is 0.942. The molecule has 1 saturated carbocycles. The number of hydrogen-bond acceptors (Lipinski definition) is 11. The number of amides is 4. The minimum Gasteiger partial charge on any atom is -0.494 e. The largest absolute Gasteiger partial charge is 0.494 e. The summed E-state index contributed by atoms with van der Waals surface area (Å²) in [4.78, 5) is 68.6. The summed E-state index contributed by atoms with van der Waals surface area (Å²) in [5.41, 5.74) is 5.53. The van der Waals surface area contributed by atoms with E-state index in [2.05, 4.69) is 24.2 Å². The molecule has 3 aliphatic heterocycles. The zero-order valence-electron chi connectivity index (χ0n) is 41.5. The van der Waals surface area contributed by atoms with Gasteiger partial charge in [-0.3, -0.25) is 33.8 Å². The topological polar surface area (TPSA) is 199 Å². The van der Waals surface area contributed by atoms with Crippen LogP contribution >= 0.6 is 0 Å². The smallest absolute Gasteiger partial charge is 0.307 e. The van der Waals surface area contributed by atoms with Crippen LogP contribution in [0.5, 0.6) is 11.5 Å². The monoisotopic (exact) mass is 994 g/mol. The van der Waals surface area contributed by atoms with Crippen molar-refractivity contribution in [3.63, 3.8) is 0 Å². The van der Waals surface area contributed by atoms with Crippen molar-refractivity contribution < 1.29 is 47.0 Å². The molecule has 6 aromatic rings. The standard InChI is InChI=1S/C55H58N6O10S/c1-8-20-54(9-2,21-19-33-22-34-11-10-12-39-48(34)40(23-33)51(64)61(50(39)63)43-16-18-47(62)58(5)52(43)65)36-15-17-46-44(26-36)71-32(4)29-60(72(46,68)69)30-35-24-37(14-13-31(35)3)55(28-41(55)53(66)67)38-25-42-49(45(27-38)70-7)59(6)57-56-42/h10-15,17,22-27,32,41,43H,8-9,16,18-21,28-30H2,1-7H3,(H,66,67)/t32-,41?,43?,54+,55?/m1/s1. The number of benzene rings is 5. The molecule has 4 aliphatic rings. The van der Waals surface area contributed by atoms with Crippen molar-refractivity contribution in [3.8, 4) is 11.5 Å². The summed E-state index contributed by atoms with van der Waals surface area (Å²) < 4.78 is 45.1.